The van der Waals surface area contributed by atoms with Crippen molar-refractivity contribution < 1.29 is 19.8 Å². The Balaban J connectivity index is 1.53. The smallest absolute Gasteiger partial charge is 0.375 e. The van der Waals surface area contributed by atoms with Crippen molar-refractivity contribution in [3.05, 3.63) is 59.7 Å². The zero-order valence-corrected chi connectivity index (χ0v) is 16.2. The number of piperidine rings is 1. The molecule has 0 saturated carbocycles. The highest BCUT2D eigenvalue weighted by Gasteiger charge is 2.26. The number of carboxylic acids is 1. The molecule has 3 N–H and O–H groups in total. The van der Waals surface area contributed by atoms with Gasteiger partial charge in [-0.2, -0.15) is 0 Å². The molecule has 1 amide bonds. The zero-order valence-electron chi connectivity index (χ0n) is 16.2. The van der Waals surface area contributed by atoms with Crippen LogP contribution in [0.3, 0.4) is 0 Å². The van der Waals surface area contributed by atoms with Gasteiger partial charge in [-0.1, -0.05) is 42.5 Å². The number of aliphatic hydroxyl groups is 1. The number of hydrogen-bond donors (Lipinski definition) is 3. The second kappa shape index (κ2) is 9.97. The summed E-state index contributed by atoms with van der Waals surface area (Å²) in [5, 5.41) is 25.4. The second-order valence-electron chi connectivity index (χ2n) is 7.20. The van der Waals surface area contributed by atoms with Crippen molar-refractivity contribution >= 4 is 11.9 Å². The fraction of sp³-hybridized carbons (Fsp3) is 0.429. The number of aromatic carboxylic acids is 1. The molecule has 1 aromatic heterocycles. The summed E-state index contributed by atoms with van der Waals surface area (Å²) in [6, 6.07) is 9.76. The van der Waals surface area contributed by atoms with Crippen molar-refractivity contribution in [2.45, 2.75) is 50.7 Å². The first-order valence-electron chi connectivity index (χ1n) is 9.87. The molecule has 0 radical (unpaired) electrons. The van der Waals surface area contributed by atoms with Gasteiger partial charge >= 0.3 is 5.97 Å². The van der Waals surface area contributed by atoms with Crippen LogP contribution in [0.1, 0.15) is 47.7 Å². The number of aromatic nitrogens is 3. The maximum atomic E-state index is 12.4. The van der Waals surface area contributed by atoms with Gasteiger partial charge in [-0.3, -0.25) is 9.89 Å². The van der Waals surface area contributed by atoms with Crippen molar-refractivity contribution in [3.8, 4) is 0 Å². The Morgan fingerprint density at radius 3 is 2.86 bits per heavy atom. The van der Waals surface area contributed by atoms with Crippen LogP contribution < -0.4 is 0 Å². The average molecular weight is 398 g/mol. The van der Waals surface area contributed by atoms with Crippen LogP contribution in [-0.2, 0) is 17.6 Å². The van der Waals surface area contributed by atoms with Crippen LogP contribution in [0, 0.1) is 0 Å². The van der Waals surface area contributed by atoms with Crippen LogP contribution in [0.2, 0.25) is 0 Å². The van der Waals surface area contributed by atoms with E-state index in [1.807, 2.05) is 41.3 Å². The fourth-order valence-corrected chi connectivity index (χ4v) is 3.54. The van der Waals surface area contributed by atoms with E-state index >= 15 is 0 Å². The molecule has 1 aromatic carbocycles. The van der Waals surface area contributed by atoms with Gasteiger partial charge in [-0.25, -0.2) is 9.78 Å². The number of nitrogens with zero attached hydrogens (tertiary/aromatic N) is 3. The molecule has 0 spiro atoms. The third-order valence-electron chi connectivity index (χ3n) is 4.99. The number of carbonyl (C=O) groups excluding carboxylic acids is 1. The van der Waals surface area contributed by atoms with E-state index in [0.717, 1.165) is 18.4 Å². The molecule has 1 aliphatic rings. The maximum absolute atomic E-state index is 12.4. The minimum Gasteiger partial charge on any atom is -0.475 e. The van der Waals surface area contributed by atoms with Crippen molar-refractivity contribution in [2.24, 2.45) is 0 Å². The lowest BCUT2D eigenvalue weighted by Gasteiger charge is -2.34. The van der Waals surface area contributed by atoms with Gasteiger partial charge < -0.3 is 15.1 Å². The largest absolute Gasteiger partial charge is 0.475 e. The molecule has 1 aliphatic heterocycles. The number of hydrogen-bond acceptors (Lipinski definition) is 5. The summed E-state index contributed by atoms with van der Waals surface area (Å²) in [7, 11) is 0. The highest BCUT2D eigenvalue weighted by molar-refractivity contribution is 5.82. The van der Waals surface area contributed by atoms with Crippen LogP contribution in [0.5, 0.6) is 0 Å². The third kappa shape index (κ3) is 5.99. The molecular weight excluding hydrogens is 372 g/mol. The minimum absolute atomic E-state index is 0.0361. The van der Waals surface area contributed by atoms with E-state index in [1.54, 1.807) is 6.08 Å². The predicted octanol–water partition coefficient (Wildman–Crippen LogP) is 1.98. The molecule has 2 aromatic rings. The quantitative estimate of drug-likeness (QED) is 0.556. The van der Waals surface area contributed by atoms with E-state index in [2.05, 4.69) is 15.2 Å². The van der Waals surface area contributed by atoms with Gasteiger partial charge in [0, 0.05) is 25.8 Å². The van der Waals surface area contributed by atoms with E-state index in [1.165, 1.54) is 0 Å². The summed E-state index contributed by atoms with van der Waals surface area (Å²) in [4.78, 5) is 29.0. The number of carbonyl (C=O) groups is 2. The van der Waals surface area contributed by atoms with E-state index in [4.69, 9.17) is 5.11 Å². The Morgan fingerprint density at radius 1 is 1.34 bits per heavy atom. The van der Waals surface area contributed by atoms with Gasteiger partial charge in [0.25, 0.3) is 5.82 Å². The fourth-order valence-electron chi connectivity index (χ4n) is 3.54. The highest BCUT2D eigenvalue weighted by Crippen LogP contribution is 2.20. The first kappa shape index (κ1) is 20.7. The predicted molar refractivity (Wildman–Crippen MR) is 106 cm³/mol. The van der Waals surface area contributed by atoms with E-state index in [9.17, 15) is 14.7 Å². The summed E-state index contributed by atoms with van der Waals surface area (Å²) < 4.78 is 0. The summed E-state index contributed by atoms with van der Waals surface area (Å²) >= 11 is 0. The standard InChI is InChI=1S/C21H26N4O4/c26-17(14-15-6-2-1-3-7-15)12-11-16-8-4-10-19(27)25(16)13-5-9-18-22-20(21(28)29)24-23-18/h1-3,6-7,11-12,16-17,26H,4-5,8-10,13-14H2,(H,28,29)(H,22,23,24)/b12-11+/t16?,17-/m0/s1. The number of nitrogens with one attached hydrogen (secondary N) is 1. The number of aromatic amines is 1. The molecule has 3 rings (SSSR count). The number of benzene rings is 1. The lowest BCUT2D eigenvalue weighted by atomic mass is 9.99. The number of aliphatic hydroxyl groups excluding tert-OH is 1. The maximum Gasteiger partial charge on any atom is 0.375 e. The van der Waals surface area contributed by atoms with Crippen molar-refractivity contribution in [2.75, 3.05) is 6.54 Å². The highest BCUT2D eigenvalue weighted by atomic mass is 16.4. The van der Waals surface area contributed by atoms with Crippen LogP contribution in [0.25, 0.3) is 0 Å². The van der Waals surface area contributed by atoms with Gasteiger partial charge in [-0.15, -0.1) is 5.10 Å². The van der Waals surface area contributed by atoms with Gasteiger partial charge in [0.05, 0.1) is 12.1 Å². The van der Waals surface area contributed by atoms with Crippen molar-refractivity contribution in [1.29, 1.82) is 0 Å². The van der Waals surface area contributed by atoms with E-state index in [0.29, 0.717) is 38.1 Å². The van der Waals surface area contributed by atoms with Gasteiger partial charge in [-0.05, 0) is 24.8 Å². The topological polar surface area (TPSA) is 119 Å². The molecule has 154 valence electrons. The molecule has 2 heterocycles. The molecule has 1 unspecified atom stereocenters. The van der Waals surface area contributed by atoms with Gasteiger partial charge in [0.15, 0.2) is 0 Å². The first-order chi connectivity index (χ1) is 14.0. The lowest BCUT2D eigenvalue weighted by Crippen LogP contribution is -2.43. The monoisotopic (exact) mass is 398 g/mol. The Hall–Kier alpha value is -3.00. The Morgan fingerprint density at radius 2 is 2.14 bits per heavy atom. The number of rotatable bonds is 9. The van der Waals surface area contributed by atoms with E-state index < -0.39 is 12.1 Å². The molecule has 1 fully saturated rings. The lowest BCUT2D eigenvalue weighted by molar-refractivity contribution is -0.135. The first-order valence-corrected chi connectivity index (χ1v) is 9.87. The number of likely N-dealkylation sites (tertiary alicyclic amines) is 1. The molecule has 2 atom stereocenters. The van der Waals surface area contributed by atoms with Crippen LogP contribution in [0.4, 0.5) is 0 Å². The second-order valence-corrected chi connectivity index (χ2v) is 7.20. The average Bonchev–Trinajstić information content (AvgIpc) is 3.18. The van der Waals surface area contributed by atoms with Crippen LogP contribution in [0.15, 0.2) is 42.5 Å². The molecule has 1 saturated heterocycles. The summed E-state index contributed by atoms with van der Waals surface area (Å²) in [6.45, 7) is 0.547. The normalized spacial score (nSPS) is 18.3. The van der Waals surface area contributed by atoms with E-state index in [-0.39, 0.29) is 17.8 Å². The van der Waals surface area contributed by atoms with Crippen molar-refractivity contribution in [3.63, 3.8) is 0 Å². The Kier molecular flexibility index (Phi) is 7.13. The SMILES string of the molecule is O=C(O)c1n[nH]c(CCCN2C(=O)CCCC2/C=C/[C@H](O)Cc2ccccc2)n1. The molecule has 0 bridgehead atoms. The molecule has 0 aliphatic carbocycles. The number of H-pyrrole nitrogens is 1. The number of amides is 1. The minimum atomic E-state index is -1.17. The van der Waals surface area contributed by atoms with Crippen LogP contribution >= 0.6 is 0 Å². The molecule has 29 heavy (non-hydrogen) atoms. The summed E-state index contributed by atoms with van der Waals surface area (Å²) in [5.41, 5.74) is 1.06. The third-order valence-corrected chi connectivity index (χ3v) is 4.99. The van der Waals surface area contributed by atoms with Gasteiger partial charge in [0.1, 0.15) is 5.82 Å². The molecule has 8 heteroatoms. The Bertz CT molecular complexity index is 849. The number of aryl methyl sites for hydroxylation is 1. The van der Waals surface area contributed by atoms with Crippen molar-refractivity contribution in [1.82, 2.24) is 20.1 Å². The van der Waals surface area contributed by atoms with Gasteiger partial charge in [0.2, 0.25) is 5.91 Å². The summed E-state index contributed by atoms with van der Waals surface area (Å²) in [6.07, 6.45) is 7.04. The Labute approximate surface area is 169 Å². The summed E-state index contributed by atoms with van der Waals surface area (Å²) in [5.74, 6) is -0.815. The molecule has 8 nitrogen and oxygen atoms in total. The number of carboxylic acid groups (broad SMARTS) is 1. The van der Waals surface area contributed by atoms with Crippen LogP contribution in [-0.4, -0.2) is 60.9 Å². The zero-order chi connectivity index (χ0) is 20.6. The molecular formula is C21H26N4O4.